The Balaban J connectivity index is 0.00000380. The van der Waals surface area contributed by atoms with Crippen molar-refractivity contribution >= 4 is 39.8 Å². The topological polar surface area (TPSA) is 89.7 Å². The van der Waals surface area contributed by atoms with Crippen molar-refractivity contribution in [2.45, 2.75) is 61.3 Å². The van der Waals surface area contributed by atoms with Gasteiger partial charge in [0.05, 0.1) is 4.90 Å². The third kappa shape index (κ3) is 7.27. The van der Waals surface area contributed by atoms with Crippen LogP contribution < -0.4 is 5.73 Å². The van der Waals surface area contributed by atoms with Crippen molar-refractivity contribution in [3.05, 3.63) is 64.7 Å². The Bertz CT molecular complexity index is 1160. The van der Waals surface area contributed by atoms with E-state index in [1.165, 1.54) is 11.8 Å². The van der Waals surface area contributed by atoms with Gasteiger partial charge in [-0.2, -0.15) is 0 Å². The van der Waals surface area contributed by atoms with Gasteiger partial charge in [-0.3, -0.25) is 4.79 Å². The zero-order valence-electron chi connectivity index (χ0n) is 21.4. The van der Waals surface area contributed by atoms with Crippen LogP contribution in [0.2, 0.25) is 5.02 Å². The van der Waals surface area contributed by atoms with Crippen molar-refractivity contribution in [2.75, 3.05) is 32.6 Å². The van der Waals surface area contributed by atoms with E-state index in [1.807, 2.05) is 24.3 Å². The van der Waals surface area contributed by atoms with Crippen LogP contribution >= 0.6 is 24.0 Å². The number of nitrogens with zero attached hydrogens (tertiary/aromatic N) is 1. The van der Waals surface area contributed by atoms with Crippen LogP contribution in [0.5, 0.6) is 0 Å². The summed E-state index contributed by atoms with van der Waals surface area (Å²) >= 11 is 6.29. The predicted octanol–water partition coefficient (Wildman–Crippen LogP) is 4.80. The summed E-state index contributed by atoms with van der Waals surface area (Å²) in [4.78, 5) is 16.1. The van der Waals surface area contributed by atoms with Gasteiger partial charge >= 0.3 is 0 Å². The second-order valence-electron chi connectivity index (χ2n) is 10.3. The Kier molecular flexibility index (Phi) is 10.5. The monoisotopic (exact) mass is 568 g/mol. The summed E-state index contributed by atoms with van der Waals surface area (Å²) in [7, 11) is -3.28. The van der Waals surface area contributed by atoms with E-state index in [4.69, 9.17) is 22.1 Å². The Hall–Kier alpha value is -1.64. The maximum Gasteiger partial charge on any atom is 0.226 e. The number of carbonyl (C=O) groups excluding carboxylic acids is 1. The molecule has 0 spiro atoms. The molecule has 0 bridgehead atoms. The lowest BCUT2D eigenvalue weighted by Gasteiger charge is -2.44. The lowest BCUT2D eigenvalue weighted by atomic mass is 9.68. The fourth-order valence-electron chi connectivity index (χ4n) is 5.73. The number of amides is 1. The van der Waals surface area contributed by atoms with Crippen LogP contribution in [0.1, 0.15) is 49.7 Å². The Labute approximate surface area is 232 Å². The van der Waals surface area contributed by atoms with Crippen LogP contribution in [0.25, 0.3) is 0 Å². The molecule has 2 N–H and O–H groups in total. The van der Waals surface area contributed by atoms with Gasteiger partial charge in [-0.1, -0.05) is 35.9 Å². The molecule has 2 aromatic carbocycles. The molecule has 1 aliphatic carbocycles. The van der Waals surface area contributed by atoms with Crippen LogP contribution in [0.15, 0.2) is 53.4 Å². The zero-order valence-corrected chi connectivity index (χ0v) is 23.8. The number of sulfone groups is 1. The van der Waals surface area contributed by atoms with Crippen molar-refractivity contribution in [1.82, 2.24) is 4.90 Å². The smallest absolute Gasteiger partial charge is 0.226 e. The fraction of sp³-hybridized carbons (Fsp3) is 0.536. The quantitative estimate of drug-likeness (QED) is 0.493. The summed E-state index contributed by atoms with van der Waals surface area (Å²) in [5, 5.41) is 0.718. The van der Waals surface area contributed by atoms with Crippen molar-refractivity contribution in [3.63, 3.8) is 0 Å². The normalized spacial score (nSPS) is 22.7. The molecule has 37 heavy (non-hydrogen) atoms. The van der Waals surface area contributed by atoms with Crippen LogP contribution in [0.3, 0.4) is 0 Å². The molecule has 1 aliphatic heterocycles. The zero-order chi connectivity index (χ0) is 25.8. The minimum absolute atomic E-state index is 0. The highest BCUT2D eigenvalue weighted by molar-refractivity contribution is 7.90. The van der Waals surface area contributed by atoms with Gasteiger partial charge in [0.2, 0.25) is 5.91 Å². The number of hydrogen-bond acceptors (Lipinski definition) is 5. The minimum atomic E-state index is -3.28. The number of carbonyl (C=O) groups is 1. The standard InChI is InChI=1S/C28H37ClN2O4S.ClH/c1-36(33,34)26-7-2-4-21(18-26)10-15-31(27(32)22-11-16-35-17-12-22)25-8-13-28(20-30,14-9-25)23-5-3-6-24(29)19-23;/h2-7,18-19,22,25H,8-17,20,30H2,1H3;1H. The van der Waals surface area contributed by atoms with Gasteiger partial charge in [0.25, 0.3) is 0 Å². The highest BCUT2D eigenvalue weighted by Gasteiger charge is 2.39. The summed E-state index contributed by atoms with van der Waals surface area (Å²) < 4.78 is 29.5. The molecule has 0 aromatic heterocycles. The Morgan fingerprint density at radius 3 is 2.38 bits per heavy atom. The fourth-order valence-corrected chi connectivity index (χ4v) is 6.61. The molecule has 4 rings (SSSR count). The first kappa shape index (κ1) is 29.9. The molecule has 204 valence electrons. The van der Waals surface area contributed by atoms with E-state index >= 15 is 0 Å². The van der Waals surface area contributed by atoms with E-state index in [1.54, 1.807) is 18.2 Å². The van der Waals surface area contributed by atoms with Crippen molar-refractivity contribution in [2.24, 2.45) is 11.7 Å². The predicted molar refractivity (Wildman–Crippen MR) is 150 cm³/mol. The third-order valence-corrected chi connectivity index (χ3v) is 9.35. The second-order valence-corrected chi connectivity index (χ2v) is 12.8. The van der Waals surface area contributed by atoms with E-state index < -0.39 is 9.84 Å². The van der Waals surface area contributed by atoms with Crippen molar-refractivity contribution in [1.29, 1.82) is 0 Å². The molecule has 1 amide bonds. The minimum Gasteiger partial charge on any atom is -0.381 e. The van der Waals surface area contributed by atoms with Crippen molar-refractivity contribution < 1.29 is 17.9 Å². The lowest BCUT2D eigenvalue weighted by molar-refractivity contribution is -0.142. The van der Waals surface area contributed by atoms with Gasteiger partial charge < -0.3 is 15.4 Å². The van der Waals surface area contributed by atoms with Gasteiger partial charge in [-0.05, 0) is 80.3 Å². The largest absolute Gasteiger partial charge is 0.381 e. The molecule has 0 atom stereocenters. The van der Waals surface area contributed by atoms with Crippen LogP contribution in [0.4, 0.5) is 0 Å². The number of benzene rings is 2. The molecule has 6 nitrogen and oxygen atoms in total. The first-order valence-corrected chi connectivity index (χ1v) is 15.1. The summed E-state index contributed by atoms with van der Waals surface area (Å²) in [6.45, 7) is 2.36. The van der Waals surface area contributed by atoms with Crippen LogP contribution in [0, 0.1) is 5.92 Å². The third-order valence-electron chi connectivity index (χ3n) is 8.00. The Morgan fingerprint density at radius 2 is 1.76 bits per heavy atom. The molecule has 1 saturated heterocycles. The second kappa shape index (κ2) is 12.9. The first-order chi connectivity index (χ1) is 17.2. The summed E-state index contributed by atoms with van der Waals surface area (Å²) in [5.74, 6) is 0.181. The molecule has 2 fully saturated rings. The maximum absolute atomic E-state index is 13.7. The summed E-state index contributed by atoms with van der Waals surface area (Å²) in [6, 6.07) is 15.2. The van der Waals surface area contributed by atoms with Crippen LogP contribution in [-0.2, 0) is 31.2 Å². The number of halogens is 2. The number of rotatable bonds is 8. The van der Waals surface area contributed by atoms with E-state index in [0.29, 0.717) is 37.6 Å². The maximum atomic E-state index is 13.7. The van der Waals surface area contributed by atoms with Gasteiger partial charge in [-0.15, -0.1) is 12.4 Å². The average molecular weight is 570 g/mol. The highest BCUT2D eigenvalue weighted by atomic mass is 35.5. The molecule has 1 heterocycles. The molecule has 2 aromatic rings. The van der Waals surface area contributed by atoms with Gasteiger partial charge in [0, 0.05) is 55.0 Å². The Morgan fingerprint density at radius 1 is 1.08 bits per heavy atom. The van der Waals surface area contributed by atoms with E-state index in [9.17, 15) is 13.2 Å². The number of ether oxygens (including phenoxy) is 1. The SMILES string of the molecule is CS(=O)(=O)c1cccc(CCN(C(=O)C2CCOCC2)C2CCC(CN)(c3cccc(Cl)c3)CC2)c1.Cl. The number of hydrogen-bond donors (Lipinski definition) is 1. The molecular weight excluding hydrogens is 531 g/mol. The molecule has 0 unspecified atom stereocenters. The molecule has 1 saturated carbocycles. The summed E-state index contributed by atoms with van der Waals surface area (Å²) in [5.41, 5.74) is 8.29. The van der Waals surface area contributed by atoms with E-state index in [0.717, 1.165) is 49.1 Å². The molecule has 2 aliphatic rings. The molecule has 9 heteroatoms. The number of nitrogens with two attached hydrogens (primary N) is 1. The van der Waals surface area contributed by atoms with E-state index in [-0.39, 0.29) is 35.7 Å². The first-order valence-electron chi connectivity index (χ1n) is 12.9. The average Bonchev–Trinajstić information content (AvgIpc) is 2.89. The van der Waals surface area contributed by atoms with Gasteiger partial charge in [-0.25, -0.2) is 8.42 Å². The van der Waals surface area contributed by atoms with E-state index in [2.05, 4.69) is 11.0 Å². The van der Waals surface area contributed by atoms with Crippen molar-refractivity contribution in [3.8, 4) is 0 Å². The van der Waals surface area contributed by atoms with Gasteiger partial charge in [0.15, 0.2) is 9.84 Å². The molecule has 0 radical (unpaired) electrons. The van der Waals surface area contributed by atoms with Crippen LogP contribution in [-0.4, -0.2) is 57.8 Å². The highest BCUT2D eigenvalue weighted by Crippen LogP contribution is 2.41. The van der Waals surface area contributed by atoms with Gasteiger partial charge in [0.1, 0.15) is 0 Å². The lowest BCUT2D eigenvalue weighted by Crippen LogP contribution is -2.50. The molecular formula is C28H38Cl2N2O4S. The summed E-state index contributed by atoms with van der Waals surface area (Å²) in [6.07, 6.45) is 6.89.